The average molecular weight is 316 g/mol. The van der Waals surface area contributed by atoms with Gasteiger partial charge in [-0.1, -0.05) is 26.0 Å². The zero-order valence-electron chi connectivity index (χ0n) is 13.6. The summed E-state index contributed by atoms with van der Waals surface area (Å²) in [5.74, 6) is 0.558. The van der Waals surface area contributed by atoms with E-state index >= 15 is 0 Å². The molecule has 0 bridgehead atoms. The standard InChI is InChI=1S/C18H24N2OS/c1-13(2)15-6-8-16(9-7-15)19-18-20(14(3)12-22-18)11-17-5-4-10-21-17/h6-9,12-13,17H,4-5,10-11H2,1-3H3. The molecule has 1 saturated heterocycles. The van der Waals surface area contributed by atoms with E-state index in [1.165, 1.54) is 17.7 Å². The molecular weight excluding hydrogens is 292 g/mol. The van der Waals surface area contributed by atoms with Crippen molar-refractivity contribution in [1.82, 2.24) is 4.57 Å². The smallest absolute Gasteiger partial charge is 0.190 e. The van der Waals surface area contributed by atoms with Gasteiger partial charge in [0.25, 0.3) is 0 Å². The van der Waals surface area contributed by atoms with Gasteiger partial charge in [0.05, 0.1) is 18.3 Å². The summed E-state index contributed by atoms with van der Waals surface area (Å²) >= 11 is 1.71. The highest BCUT2D eigenvalue weighted by Gasteiger charge is 2.17. The van der Waals surface area contributed by atoms with E-state index in [-0.39, 0.29) is 0 Å². The van der Waals surface area contributed by atoms with Crippen molar-refractivity contribution in [3.8, 4) is 0 Å². The molecule has 0 N–H and O–H groups in total. The average Bonchev–Trinajstić information content (AvgIpc) is 3.13. The maximum Gasteiger partial charge on any atom is 0.190 e. The summed E-state index contributed by atoms with van der Waals surface area (Å²) in [5.41, 5.74) is 3.64. The monoisotopic (exact) mass is 316 g/mol. The van der Waals surface area contributed by atoms with Gasteiger partial charge >= 0.3 is 0 Å². The molecule has 4 heteroatoms. The Morgan fingerprint density at radius 2 is 2.09 bits per heavy atom. The topological polar surface area (TPSA) is 26.5 Å². The summed E-state index contributed by atoms with van der Waals surface area (Å²) in [5, 5.41) is 2.18. The van der Waals surface area contributed by atoms with E-state index in [1.807, 2.05) is 0 Å². The second kappa shape index (κ2) is 6.80. The molecule has 0 aliphatic carbocycles. The van der Waals surface area contributed by atoms with Gasteiger partial charge in [0.15, 0.2) is 4.80 Å². The fraction of sp³-hybridized carbons (Fsp3) is 0.500. The van der Waals surface area contributed by atoms with Crippen LogP contribution in [0.2, 0.25) is 0 Å². The van der Waals surface area contributed by atoms with Crippen molar-refractivity contribution < 1.29 is 4.74 Å². The first-order valence-corrected chi connectivity index (χ1v) is 8.92. The maximum atomic E-state index is 5.77. The van der Waals surface area contributed by atoms with Crippen molar-refractivity contribution >= 4 is 17.0 Å². The van der Waals surface area contributed by atoms with E-state index in [4.69, 9.17) is 9.73 Å². The van der Waals surface area contributed by atoms with Gasteiger partial charge in [-0.05, 0) is 43.4 Å². The lowest BCUT2D eigenvalue weighted by atomic mass is 10.0. The number of thiazole rings is 1. The molecule has 0 spiro atoms. The van der Waals surface area contributed by atoms with Crippen LogP contribution in [0.5, 0.6) is 0 Å². The van der Waals surface area contributed by atoms with Gasteiger partial charge in [0.1, 0.15) is 0 Å². The Balaban J connectivity index is 1.87. The minimum absolute atomic E-state index is 0.343. The summed E-state index contributed by atoms with van der Waals surface area (Å²) in [6.07, 6.45) is 2.68. The van der Waals surface area contributed by atoms with E-state index in [2.05, 4.69) is 55.0 Å². The molecule has 22 heavy (non-hydrogen) atoms. The highest BCUT2D eigenvalue weighted by atomic mass is 32.1. The van der Waals surface area contributed by atoms with Crippen LogP contribution >= 0.6 is 11.3 Å². The minimum Gasteiger partial charge on any atom is -0.376 e. The van der Waals surface area contributed by atoms with Crippen LogP contribution in [0.25, 0.3) is 0 Å². The van der Waals surface area contributed by atoms with Crippen molar-refractivity contribution in [3.63, 3.8) is 0 Å². The van der Waals surface area contributed by atoms with E-state index < -0.39 is 0 Å². The van der Waals surface area contributed by atoms with E-state index in [0.29, 0.717) is 12.0 Å². The number of benzene rings is 1. The quantitative estimate of drug-likeness (QED) is 0.821. The van der Waals surface area contributed by atoms with Crippen LogP contribution in [0.3, 0.4) is 0 Å². The fourth-order valence-corrected chi connectivity index (χ4v) is 3.67. The Bertz CT molecular complexity index is 676. The number of hydrogen-bond donors (Lipinski definition) is 0. The summed E-state index contributed by atoms with van der Waals surface area (Å²) < 4.78 is 8.06. The Hall–Kier alpha value is -1.39. The van der Waals surface area contributed by atoms with Gasteiger partial charge in [-0.3, -0.25) is 0 Å². The van der Waals surface area contributed by atoms with Crippen LogP contribution < -0.4 is 4.80 Å². The summed E-state index contributed by atoms with van der Waals surface area (Å²) in [4.78, 5) is 5.89. The second-order valence-electron chi connectivity index (χ2n) is 6.26. The van der Waals surface area contributed by atoms with Crippen LogP contribution in [0.4, 0.5) is 5.69 Å². The molecule has 1 aliphatic heterocycles. The third kappa shape index (κ3) is 3.50. The molecule has 1 fully saturated rings. The molecule has 0 radical (unpaired) electrons. The molecule has 1 aromatic carbocycles. The lowest BCUT2D eigenvalue weighted by molar-refractivity contribution is 0.0959. The predicted octanol–water partition coefficient (Wildman–Crippen LogP) is 4.39. The van der Waals surface area contributed by atoms with Crippen LogP contribution in [0.1, 0.15) is 43.9 Å². The Morgan fingerprint density at radius 3 is 2.73 bits per heavy atom. The fourth-order valence-electron chi connectivity index (χ4n) is 2.76. The van der Waals surface area contributed by atoms with Gasteiger partial charge in [0.2, 0.25) is 0 Å². The number of rotatable bonds is 4. The molecule has 118 valence electrons. The minimum atomic E-state index is 0.343. The molecule has 3 nitrogen and oxygen atoms in total. The highest BCUT2D eigenvalue weighted by molar-refractivity contribution is 7.07. The van der Waals surface area contributed by atoms with Gasteiger partial charge < -0.3 is 9.30 Å². The largest absolute Gasteiger partial charge is 0.376 e. The molecular formula is C18H24N2OS. The zero-order chi connectivity index (χ0) is 15.5. The molecule has 3 rings (SSSR count). The van der Waals surface area contributed by atoms with Crippen LogP contribution in [-0.4, -0.2) is 17.3 Å². The van der Waals surface area contributed by atoms with Gasteiger partial charge in [-0.2, -0.15) is 0 Å². The normalized spacial score (nSPS) is 19.3. The third-order valence-corrected chi connectivity index (χ3v) is 5.17. The van der Waals surface area contributed by atoms with E-state index in [1.54, 1.807) is 11.3 Å². The molecule has 0 saturated carbocycles. The van der Waals surface area contributed by atoms with Crippen LogP contribution in [0, 0.1) is 6.92 Å². The number of aromatic nitrogens is 1. The van der Waals surface area contributed by atoms with Gasteiger partial charge in [-0.15, -0.1) is 11.3 Å². The highest BCUT2D eigenvalue weighted by Crippen LogP contribution is 2.19. The predicted molar refractivity (Wildman–Crippen MR) is 91.8 cm³/mol. The molecule has 1 aromatic heterocycles. The molecule has 1 unspecified atom stereocenters. The van der Waals surface area contributed by atoms with Crippen molar-refractivity contribution in [2.75, 3.05) is 6.61 Å². The SMILES string of the molecule is Cc1csc(=Nc2ccc(C(C)C)cc2)n1CC1CCCO1. The van der Waals surface area contributed by atoms with E-state index in [0.717, 1.165) is 30.1 Å². The number of hydrogen-bond acceptors (Lipinski definition) is 3. The van der Waals surface area contributed by atoms with Crippen LogP contribution in [-0.2, 0) is 11.3 Å². The van der Waals surface area contributed by atoms with Crippen molar-refractivity contribution in [2.24, 2.45) is 4.99 Å². The lowest BCUT2D eigenvalue weighted by Crippen LogP contribution is -2.24. The third-order valence-electron chi connectivity index (χ3n) is 4.19. The van der Waals surface area contributed by atoms with E-state index in [9.17, 15) is 0 Å². The second-order valence-corrected chi connectivity index (χ2v) is 7.10. The Labute approximate surface area is 136 Å². The van der Waals surface area contributed by atoms with Gasteiger partial charge in [0, 0.05) is 17.7 Å². The van der Waals surface area contributed by atoms with Crippen molar-refractivity contribution in [2.45, 2.75) is 52.2 Å². The number of nitrogens with zero attached hydrogens (tertiary/aromatic N) is 2. The van der Waals surface area contributed by atoms with Crippen molar-refractivity contribution in [1.29, 1.82) is 0 Å². The summed E-state index contributed by atoms with van der Waals surface area (Å²) in [6, 6.07) is 8.57. The number of ether oxygens (including phenoxy) is 1. The molecule has 2 aromatic rings. The Kier molecular flexibility index (Phi) is 4.79. The molecule has 2 heterocycles. The first kappa shape index (κ1) is 15.5. The Morgan fingerprint density at radius 1 is 1.32 bits per heavy atom. The zero-order valence-corrected chi connectivity index (χ0v) is 14.4. The lowest BCUT2D eigenvalue weighted by Gasteiger charge is -2.12. The van der Waals surface area contributed by atoms with Crippen molar-refractivity contribution in [3.05, 3.63) is 45.7 Å². The molecule has 1 atom stereocenters. The summed E-state index contributed by atoms with van der Waals surface area (Å²) in [7, 11) is 0. The summed E-state index contributed by atoms with van der Waals surface area (Å²) in [6.45, 7) is 8.39. The molecule has 1 aliphatic rings. The maximum absolute atomic E-state index is 5.77. The first-order chi connectivity index (χ1) is 10.6. The van der Waals surface area contributed by atoms with Gasteiger partial charge in [-0.25, -0.2) is 4.99 Å². The van der Waals surface area contributed by atoms with Crippen LogP contribution in [0.15, 0.2) is 34.6 Å². The first-order valence-electron chi connectivity index (χ1n) is 8.04. The number of aryl methyl sites for hydroxylation is 1. The molecule has 0 amide bonds.